The largest absolute Gasteiger partial charge is 0.416 e. The maximum atomic E-state index is 13.1. The molecule has 0 spiro atoms. The average Bonchev–Trinajstić information content (AvgIpc) is 3.25. The maximum Gasteiger partial charge on any atom is 0.416 e. The van der Waals surface area contributed by atoms with E-state index in [0.717, 1.165) is 43.1 Å². The first-order chi connectivity index (χ1) is 16.3. The van der Waals surface area contributed by atoms with E-state index in [1.165, 1.54) is 17.7 Å². The number of nitrogens with zero attached hydrogens (tertiary/aromatic N) is 2. The molecule has 7 heteroatoms. The summed E-state index contributed by atoms with van der Waals surface area (Å²) in [6.45, 7) is 5.46. The van der Waals surface area contributed by atoms with Crippen molar-refractivity contribution in [3.05, 3.63) is 89.2 Å². The van der Waals surface area contributed by atoms with Crippen molar-refractivity contribution in [1.29, 1.82) is 0 Å². The van der Waals surface area contributed by atoms with Crippen LogP contribution in [0.5, 0.6) is 0 Å². The van der Waals surface area contributed by atoms with Crippen molar-refractivity contribution in [2.75, 3.05) is 11.9 Å². The topological polar surface area (TPSA) is 37.3 Å². The van der Waals surface area contributed by atoms with E-state index in [0.29, 0.717) is 25.2 Å². The molecule has 0 radical (unpaired) electrons. The molecule has 0 aliphatic carbocycles. The molecule has 182 valence electrons. The number of rotatable bonds is 10. The third-order valence-electron chi connectivity index (χ3n) is 5.82. The van der Waals surface area contributed by atoms with Gasteiger partial charge >= 0.3 is 12.2 Å². The van der Waals surface area contributed by atoms with Gasteiger partial charge in [0.1, 0.15) is 0 Å². The Balaban J connectivity index is 1.74. The lowest BCUT2D eigenvalue weighted by Gasteiger charge is -2.24. The number of hydrogen-bond donors (Lipinski definition) is 1. The second kappa shape index (κ2) is 11.8. The summed E-state index contributed by atoms with van der Waals surface area (Å²) in [6.07, 6.45) is 1.33. The van der Waals surface area contributed by atoms with Crippen LogP contribution in [0.3, 0.4) is 0 Å². The Morgan fingerprint density at radius 2 is 1.74 bits per heavy atom. The van der Waals surface area contributed by atoms with Crippen molar-refractivity contribution in [3.8, 4) is 0 Å². The molecule has 1 aromatic heterocycles. The van der Waals surface area contributed by atoms with Crippen molar-refractivity contribution in [1.82, 2.24) is 9.47 Å². The lowest BCUT2D eigenvalue weighted by atomic mass is 10.1. The highest BCUT2D eigenvalue weighted by molar-refractivity contribution is 5.89. The highest BCUT2D eigenvalue weighted by atomic mass is 19.4. The molecule has 4 nitrogen and oxygen atoms in total. The lowest BCUT2D eigenvalue weighted by molar-refractivity contribution is -0.137. The summed E-state index contributed by atoms with van der Waals surface area (Å²) in [5, 5.41) is 2.98. The van der Waals surface area contributed by atoms with Crippen LogP contribution in [0.2, 0.25) is 0 Å². The van der Waals surface area contributed by atoms with Crippen molar-refractivity contribution in [3.63, 3.8) is 0 Å². The van der Waals surface area contributed by atoms with Crippen LogP contribution in [0, 0.1) is 0 Å². The minimum absolute atomic E-state index is 0.188. The highest BCUT2D eigenvalue weighted by Gasteiger charge is 2.30. The number of aryl methyl sites for hydroxylation is 1. The first-order valence-corrected chi connectivity index (χ1v) is 11.7. The molecule has 3 rings (SSSR count). The Bertz CT molecular complexity index is 1060. The molecule has 0 aliphatic rings. The van der Waals surface area contributed by atoms with Crippen LogP contribution in [0.25, 0.3) is 0 Å². The van der Waals surface area contributed by atoms with E-state index in [2.05, 4.69) is 19.2 Å². The van der Waals surface area contributed by atoms with Crippen molar-refractivity contribution in [2.24, 2.45) is 0 Å². The van der Waals surface area contributed by atoms with Gasteiger partial charge in [-0.2, -0.15) is 13.2 Å². The molecule has 2 amide bonds. The fourth-order valence-electron chi connectivity index (χ4n) is 3.82. The van der Waals surface area contributed by atoms with E-state index in [-0.39, 0.29) is 6.03 Å². The molecule has 0 saturated heterocycles. The molecule has 0 atom stereocenters. The predicted octanol–water partition coefficient (Wildman–Crippen LogP) is 7.34. The number of nitrogens with one attached hydrogen (secondary N) is 1. The number of halogens is 3. The van der Waals surface area contributed by atoms with E-state index in [1.54, 1.807) is 11.0 Å². The van der Waals surface area contributed by atoms with Crippen molar-refractivity contribution < 1.29 is 18.0 Å². The highest BCUT2D eigenvalue weighted by Crippen LogP contribution is 2.29. The van der Waals surface area contributed by atoms with Crippen LogP contribution >= 0.6 is 0 Å². The fraction of sp³-hybridized carbons (Fsp3) is 0.370. The van der Waals surface area contributed by atoms with Crippen molar-refractivity contribution >= 4 is 11.7 Å². The molecule has 0 bridgehead atoms. The molecule has 0 fully saturated rings. The number of unbranched alkanes of at least 4 members (excludes halogenated alkanes) is 2. The number of hydrogen-bond acceptors (Lipinski definition) is 1. The van der Waals surface area contributed by atoms with Gasteiger partial charge < -0.3 is 14.8 Å². The van der Waals surface area contributed by atoms with Crippen LogP contribution in [-0.4, -0.2) is 22.0 Å². The molecule has 1 N–H and O–H groups in total. The minimum atomic E-state index is -4.38. The van der Waals surface area contributed by atoms with Crippen LogP contribution in [0.1, 0.15) is 55.5 Å². The molecule has 0 aliphatic heterocycles. The third kappa shape index (κ3) is 7.14. The zero-order valence-electron chi connectivity index (χ0n) is 19.7. The molecule has 0 saturated carbocycles. The SMILES string of the molecule is CCCCCN(Cc1cccn1Cc1cccc(C(F)(F)F)c1)C(=O)Nc1ccc(CC)cc1. The molecule has 0 unspecified atom stereocenters. The number of amides is 2. The lowest BCUT2D eigenvalue weighted by Crippen LogP contribution is -2.36. The number of alkyl halides is 3. The van der Waals surface area contributed by atoms with E-state index in [4.69, 9.17) is 0 Å². The van der Waals surface area contributed by atoms with Crippen LogP contribution in [0.4, 0.5) is 23.7 Å². The summed E-state index contributed by atoms with van der Waals surface area (Å²) in [7, 11) is 0. The van der Waals surface area contributed by atoms with E-state index < -0.39 is 11.7 Å². The Kier molecular flexibility index (Phi) is 8.79. The number of carbonyl (C=O) groups is 1. The van der Waals surface area contributed by atoms with Gasteiger partial charge in [0.05, 0.1) is 12.1 Å². The third-order valence-corrected chi connectivity index (χ3v) is 5.82. The number of urea groups is 1. The summed E-state index contributed by atoms with van der Waals surface area (Å²) in [5.41, 5.74) is 2.70. The number of anilines is 1. The monoisotopic (exact) mass is 471 g/mol. The van der Waals surface area contributed by atoms with Gasteiger partial charge in [0, 0.05) is 30.7 Å². The molecule has 34 heavy (non-hydrogen) atoms. The van der Waals surface area contributed by atoms with Gasteiger partial charge in [0.2, 0.25) is 0 Å². The molecular formula is C27H32F3N3O. The van der Waals surface area contributed by atoms with Gasteiger partial charge in [-0.1, -0.05) is 51.0 Å². The second-order valence-corrected chi connectivity index (χ2v) is 8.43. The van der Waals surface area contributed by atoms with E-state index >= 15 is 0 Å². The quantitative estimate of drug-likeness (QED) is 0.309. The molecule has 2 aromatic carbocycles. The van der Waals surface area contributed by atoms with Gasteiger partial charge in [-0.25, -0.2) is 4.79 Å². The molecule has 3 aromatic rings. The first-order valence-electron chi connectivity index (χ1n) is 11.7. The maximum absolute atomic E-state index is 13.1. The summed E-state index contributed by atoms with van der Waals surface area (Å²) in [6, 6.07) is 16.7. The summed E-state index contributed by atoms with van der Waals surface area (Å²) >= 11 is 0. The number of aromatic nitrogens is 1. The Morgan fingerprint density at radius 1 is 0.971 bits per heavy atom. The zero-order chi connectivity index (χ0) is 24.6. The summed E-state index contributed by atoms with van der Waals surface area (Å²) in [4.78, 5) is 14.9. The minimum Gasteiger partial charge on any atom is -0.345 e. The Morgan fingerprint density at radius 3 is 2.41 bits per heavy atom. The fourth-order valence-corrected chi connectivity index (χ4v) is 3.82. The van der Waals surface area contributed by atoms with Gasteiger partial charge in [-0.05, 0) is 60.4 Å². The van der Waals surface area contributed by atoms with Gasteiger partial charge in [-0.3, -0.25) is 0 Å². The van der Waals surface area contributed by atoms with Gasteiger partial charge in [0.15, 0.2) is 0 Å². The Labute approximate surface area is 199 Å². The van der Waals surface area contributed by atoms with E-state index in [9.17, 15) is 18.0 Å². The summed E-state index contributed by atoms with van der Waals surface area (Å²) < 4.78 is 41.2. The summed E-state index contributed by atoms with van der Waals surface area (Å²) in [5.74, 6) is 0. The number of benzene rings is 2. The van der Waals surface area contributed by atoms with Gasteiger partial charge in [0.25, 0.3) is 0 Å². The average molecular weight is 472 g/mol. The van der Waals surface area contributed by atoms with Crippen LogP contribution in [-0.2, 0) is 25.7 Å². The van der Waals surface area contributed by atoms with Crippen LogP contribution in [0.15, 0.2) is 66.9 Å². The Hall–Kier alpha value is -3.22. The smallest absolute Gasteiger partial charge is 0.345 e. The predicted molar refractivity (Wildman–Crippen MR) is 130 cm³/mol. The van der Waals surface area contributed by atoms with Crippen LogP contribution < -0.4 is 5.32 Å². The second-order valence-electron chi connectivity index (χ2n) is 8.43. The van der Waals surface area contributed by atoms with Crippen molar-refractivity contribution in [2.45, 2.75) is 58.8 Å². The zero-order valence-corrected chi connectivity index (χ0v) is 19.7. The standard InChI is InChI=1S/C27H32F3N3O/c1-3-5-6-16-33(26(34)31-24-14-12-21(4-2)13-15-24)20-25-11-8-17-32(25)19-22-9-7-10-23(18-22)27(28,29)30/h7-15,17-18H,3-6,16,19-20H2,1-2H3,(H,31,34). The van der Waals surface area contributed by atoms with E-state index in [1.807, 2.05) is 47.2 Å². The number of carbonyl (C=O) groups excluding carboxylic acids is 1. The first kappa shape index (κ1) is 25.4. The normalized spacial score (nSPS) is 11.4. The van der Waals surface area contributed by atoms with Gasteiger partial charge in [-0.15, -0.1) is 0 Å². The molecule has 1 heterocycles. The molecular weight excluding hydrogens is 439 g/mol.